The van der Waals surface area contributed by atoms with Crippen molar-refractivity contribution in [1.82, 2.24) is 4.98 Å². The maximum atomic E-state index is 11.1. The molecule has 1 aliphatic carbocycles. The third-order valence-corrected chi connectivity index (χ3v) is 3.74. The van der Waals surface area contributed by atoms with Crippen molar-refractivity contribution < 1.29 is 9.90 Å². The summed E-state index contributed by atoms with van der Waals surface area (Å²) in [6.07, 6.45) is 7.39. The van der Waals surface area contributed by atoms with Gasteiger partial charge < -0.3 is 5.11 Å². The fourth-order valence-electron chi connectivity index (χ4n) is 2.64. The van der Waals surface area contributed by atoms with Crippen LogP contribution in [0.5, 0.6) is 0 Å². The molecule has 0 unspecified atom stereocenters. The first-order valence-corrected chi connectivity index (χ1v) is 6.34. The molecule has 3 nitrogen and oxygen atoms in total. The van der Waals surface area contributed by atoms with Gasteiger partial charge in [-0.3, -0.25) is 0 Å². The summed E-state index contributed by atoms with van der Waals surface area (Å²) in [7, 11) is 0. The minimum Gasteiger partial charge on any atom is -0.477 e. The maximum Gasteiger partial charge on any atom is 0.354 e. The van der Waals surface area contributed by atoms with E-state index in [-0.39, 0.29) is 5.69 Å². The molecule has 0 amide bonds. The summed E-state index contributed by atoms with van der Waals surface area (Å²) >= 11 is 0. The standard InChI is InChI=1S/C14H19NO2/c1-10-4-6-11(7-5-10)9-12-3-2-8-15-13(12)14(16)17/h2-3,8,10-11H,4-7,9H2,1H3,(H,16,17). The molecule has 1 heterocycles. The molecule has 1 aromatic heterocycles. The lowest BCUT2D eigenvalue weighted by molar-refractivity contribution is 0.0688. The minimum absolute atomic E-state index is 0.228. The summed E-state index contributed by atoms with van der Waals surface area (Å²) < 4.78 is 0. The predicted molar refractivity (Wildman–Crippen MR) is 66.0 cm³/mol. The van der Waals surface area contributed by atoms with E-state index in [1.165, 1.54) is 25.7 Å². The highest BCUT2D eigenvalue weighted by atomic mass is 16.4. The molecule has 1 fully saturated rings. The molecule has 0 radical (unpaired) electrons. The Bertz CT molecular complexity index is 395. The summed E-state index contributed by atoms with van der Waals surface area (Å²) in [6, 6.07) is 3.72. The molecule has 0 atom stereocenters. The van der Waals surface area contributed by atoms with Crippen molar-refractivity contribution in [3.05, 3.63) is 29.6 Å². The maximum absolute atomic E-state index is 11.1. The quantitative estimate of drug-likeness (QED) is 0.872. The third kappa shape index (κ3) is 3.05. The average Bonchev–Trinajstić information content (AvgIpc) is 2.32. The van der Waals surface area contributed by atoms with E-state index in [0.717, 1.165) is 17.9 Å². The molecule has 1 aliphatic rings. The predicted octanol–water partition coefficient (Wildman–Crippen LogP) is 3.15. The number of carbonyl (C=O) groups is 1. The number of carboxylic acid groups (broad SMARTS) is 1. The molecule has 0 aromatic carbocycles. The van der Waals surface area contributed by atoms with Gasteiger partial charge in [0.2, 0.25) is 0 Å². The number of hydrogen-bond acceptors (Lipinski definition) is 2. The van der Waals surface area contributed by atoms with Crippen LogP contribution in [0.4, 0.5) is 0 Å². The Labute approximate surface area is 102 Å². The van der Waals surface area contributed by atoms with Gasteiger partial charge in [0, 0.05) is 6.20 Å². The molecule has 0 spiro atoms. The van der Waals surface area contributed by atoms with Crippen LogP contribution < -0.4 is 0 Å². The molecule has 0 bridgehead atoms. The summed E-state index contributed by atoms with van der Waals surface area (Å²) in [5.74, 6) is 0.553. The number of carboxylic acids is 1. The van der Waals surface area contributed by atoms with Crippen molar-refractivity contribution in [2.75, 3.05) is 0 Å². The zero-order valence-electron chi connectivity index (χ0n) is 10.2. The van der Waals surface area contributed by atoms with E-state index in [9.17, 15) is 4.79 Å². The fraction of sp³-hybridized carbons (Fsp3) is 0.571. The van der Waals surface area contributed by atoms with E-state index in [1.807, 2.05) is 12.1 Å². The molecule has 17 heavy (non-hydrogen) atoms. The largest absolute Gasteiger partial charge is 0.477 e. The van der Waals surface area contributed by atoms with E-state index < -0.39 is 5.97 Å². The molecule has 1 aromatic rings. The van der Waals surface area contributed by atoms with Gasteiger partial charge in [-0.05, 0) is 42.7 Å². The zero-order valence-corrected chi connectivity index (χ0v) is 10.2. The Balaban J connectivity index is 2.05. The highest BCUT2D eigenvalue weighted by Gasteiger charge is 2.21. The van der Waals surface area contributed by atoms with Crippen LogP contribution in [0.15, 0.2) is 18.3 Å². The van der Waals surface area contributed by atoms with Gasteiger partial charge >= 0.3 is 5.97 Å². The van der Waals surface area contributed by atoms with Crippen molar-refractivity contribution in [3.63, 3.8) is 0 Å². The van der Waals surface area contributed by atoms with Gasteiger partial charge in [-0.1, -0.05) is 25.8 Å². The van der Waals surface area contributed by atoms with E-state index in [2.05, 4.69) is 11.9 Å². The van der Waals surface area contributed by atoms with E-state index in [1.54, 1.807) is 6.20 Å². The van der Waals surface area contributed by atoms with Crippen molar-refractivity contribution >= 4 is 5.97 Å². The van der Waals surface area contributed by atoms with Crippen LogP contribution in [0.2, 0.25) is 0 Å². The lowest BCUT2D eigenvalue weighted by Gasteiger charge is -2.26. The van der Waals surface area contributed by atoms with Gasteiger partial charge in [-0.2, -0.15) is 0 Å². The van der Waals surface area contributed by atoms with Crippen LogP contribution in [0.1, 0.15) is 48.7 Å². The monoisotopic (exact) mass is 233 g/mol. The highest BCUT2D eigenvalue weighted by Crippen LogP contribution is 2.30. The third-order valence-electron chi connectivity index (χ3n) is 3.74. The van der Waals surface area contributed by atoms with E-state index in [0.29, 0.717) is 5.92 Å². The number of hydrogen-bond donors (Lipinski definition) is 1. The Kier molecular flexibility index (Phi) is 3.77. The number of aromatic nitrogens is 1. The Morgan fingerprint density at radius 2 is 2.12 bits per heavy atom. The normalized spacial score (nSPS) is 24.5. The first kappa shape index (κ1) is 12.1. The molecule has 3 heteroatoms. The van der Waals surface area contributed by atoms with Gasteiger partial charge in [-0.25, -0.2) is 9.78 Å². The van der Waals surface area contributed by atoms with E-state index in [4.69, 9.17) is 5.11 Å². The number of aromatic carboxylic acids is 1. The van der Waals surface area contributed by atoms with Gasteiger partial charge in [-0.15, -0.1) is 0 Å². The van der Waals surface area contributed by atoms with E-state index >= 15 is 0 Å². The number of pyridine rings is 1. The van der Waals surface area contributed by atoms with Crippen molar-refractivity contribution in [3.8, 4) is 0 Å². The van der Waals surface area contributed by atoms with Gasteiger partial charge in [0.15, 0.2) is 5.69 Å². The Hall–Kier alpha value is -1.38. The second-order valence-corrected chi connectivity index (χ2v) is 5.15. The zero-order chi connectivity index (χ0) is 12.3. The van der Waals surface area contributed by atoms with Gasteiger partial charge in [0.05, 0.1) is 0 Å². The highest BCUT2D eigenvalue weighted by molar-refractivity contribution is 5.86. The van der Waals surface area contributed by atoms with Crippen molar-refractivity contribution in [2.45, 2.75) is 39.0 Å². The topological polar surface area (TPSA) is 50.2 Å². The lowest BCUT2D eigenvalue weighted by Crippen LogP contribution is -2.16. The first-order chi connectivity index (χ1) is 8.16. The first-order valence-electron chi connectivity index (χ1n) is 6.34. The lowest BCUT2D eigenvalue weighted by atomic mass is 9.80. The summed E-state index contributed by atoms with van der Waals surface area (Å²) in [5.41, 5.74) is 1.12. The average molecular weight is 233 g/mol. The van der Waals surface area contributed by atoms with Crippen molar-refractivity contribution in [1.29, 1.82) is 0 Å². The van der Waals surface area contributed by atoms with Crippen molar-refractivity contribution in [2.24, 2.45) is 11.8 Å². The van der Waals surface area contributed by atoms with Crippen LogP contribution >= 0.6 is 0 Å². The molecule has 1 N–H and O–H groups in total. The van der Waals surface area contributed by atoms with Gasteiger partial charge in [0.1, 0.15) is 0 Å². The van der Waals surface area contributed by atoms with Crippen LogP contribution in [-0.4, -0.2) is 16.1 Å². The minimum atomic E-state index is -0.912. The second-order valence-electron chi connectivity index (χ2n) is 5.15. The SMILES string of the molecule is CC1CCC(Cc2cccnc2C(=O)O)CC1. The number of nitrogens with zero attached hydrogens (tertiary/aromatic N) is 1. The van der Waals surface area contributed by atoms with Crippen LogP contribution in [0, 0.1) is 11.8 Å². The molecular formula is C14H19NO2. The Morgan fingerprint density at radius 1 is 1.41 bits per heavy atom. The number of rotatable bonds is 3. The van der Waals surface area contributed by atoms with Crippen LogP contribution in [0.3, 0.4) is 0 Å². The van der Waals surface area contributed by atoms with Gasteiger partial charge in [0.25, 0.3) is 0 Å². The molecule has 92 valence electrons. The molecule has 2 rings (SSSR count). The molecule has 1 saturated carbocycles. The summed E-state index contributed by atoms with van der Waals surface area (Å²) in [5, 5.41) is 9.07. The second kappa shape index (κ2) is 5.30. The Morgan fingerprint density at radius 3 is 2.76 bits per heavy atom. The van der Waals surface area contributed by atoms with Crippen LogP contribution in [0.25, 0.3) is 0 Å². The van der Waals surface area contributed by atoms with Crippen LogP contribution in [-0.2, 0) is 6.42 Å². The summed E-state index contributed by atoms with van der Waals surface area (Å²) in [6.45, 7) is 2.29. The fourth-order valence-corrected chi connectivity index (χ4v) is 2.64. The summed E-state index contributed by atoms with van der Waals surface area (Å²) in [4.78, 5) is 15.0. The molecule has 0 aliphatic heterocycles. The molecule has 0 saturated heterocycles. The smallest absolute Gasteiger partial charge is 0.354 e. The molecular weight excluding hydrogens is 214 g/mol.